The Morgan fingerprint density at radius 1 is 0.853 bits per heavy atom. The topological polar surface area (TPSA) is 46.5 Å². The van der Waals surface area contributed by atoms with Crippen molar-refractivity contribution >= 4 is 17.7 Å². The number of hydrogen-bond donors (Lipinski definition) is 1. The molecule has 0 unspecified atom stereocenters. The second-order valence-corrected chi connectivity index (χ2v) is 13.2. The minimum atomic E-state index is -0.141. The van der Waals surface area contributed by atoms with E-state index < -0.39 is 0 Å². The van der Waals surface area contributed by atoms with E-state index >= 15 is 0 Å². The molecule has 196 valence electrons. The van der Waals surface area contributed by atoms with Gasteiger partial charge in [-0.1, -0.05) is 119 Å². The average Bonchev–Trinajstić information content (AvgIpc) is 2.71. The molecule has 0 heterocycles. The van der Waals surface area contributed by atoms with Crippen LogP contribution in [-0.2, 0) is 26.1 Å². The van der Waals surface area contributed by atoms with Crippen molar-refractivity contribution in [3.05, 3.63) is 28.8 Å². The number of aromatic hydroxyl groups is 1. The van der Waals surface area contributed by atoms with E-state index in [-0.39, 0.29) is 16.8 Å². The van der Waals surface area contributed by atoms with Crippen LogP contribution >= 0.6 is 11.8 Å². The van der Waals surface area contributed by atoms with E-state index in [0.29, 0.717) is 18.1 Å². The average molecular weight is 493 g/mol. The fourth-order valence-electron chi connectivity index (χ4n) is 4.12. The van der Waals surface area contributed by atoms with Gasteiger partial charge in [0, 0.05) is 5.75 Å². The maximum Gasteiger partial charge on any atom is 0.315 e. The number of ether oxygens (including phenoxy) is 1. The van der Waals surface area contributed by atoms with Crippen LogP contribution in [0.3, 0.4) is 0 Å². The van der Waals surface area contributed by atoms with Gasteiger partial charge in [-0.05, 0) is 39.9 Å². The molecule has 0 aliphatic carbocycles. The van der Waals surface area contributed by atoms with Crippen molar-refractivity contribution in [3.63, 3.8) is 0 Å². The summed E-state index contributed by atoms with van der Waals surface area (Å²) >= 11 is 1.59. The van der Waals surface area contributed by atoms with E-state index in [4.69, 9.17) is 4.74 Å². The lowest BCUT2D eigenvalue weighted by Gasteiger charge is -2.28. The summed E-state index contributed by atoms with van der Waals surface area (Å²) in [5, 5.41) is 10.9. The zero-order valence-corrected chi connectivity index (χ0v) is 24.2. The Kier molecular flexibility index (Phi) is 13.7. The maximum absolute atomic E-state index is 12.1. The highest BCUT2D eigenvalue weighted by Gasteiger charge is 2.26. The predicted molar refractivity (Wildman–Crippen MR) is 149 cm³/mol. The molecular formula is C30H52O3S. The highest BCUT2D eigenvalue weighted by atomic mass is 32.2. The standard InChI is InChI=1S/C30H52O3S/c1-23(2)17-15-13-11-9-10-12-14-16-18-33-27(31)22-34-21-24-19-25(29(3,4)5)28(32)26(20-24)30(6,7)8/h19-20,23,32H,9-18,21-22H2,1-8H3. The van der Waals surface area contributed by atoms with Gasteiger partial charge >= 0.3 is 5.97 Å². The Labute approximate surface area is 214 Å². The lowest BCUT2D eigenvalue weighted by Crippen LogP contribution is -2.18. The number of phenolic OH excluding ortho intramolecular Hbond substituents is 1. The summed E-state index contributed by atoms with van der Waals surface area (Å²) in [6.07, 6.45) is 11.4. The van der Waals surface area contributed by atoms with Crippen molar-refractivity contribution in [3.8, 4) is 5.75 Å². The molecule has 1 aromatic carbocycles. The molecule has 0 aromatic heterocycles. The van der Waals surface area contributed by atoms with Gasteiger partial charge in [-0.15, -0.1) is 11.8 Å². The van der Waals surface area contributed by atoms with Gasteiger partial charge in [0.2, 0.25) is 0 Å². The van der Waals surface area contributed by atoms with Gasteiger partial charge in [0.15, 0.2) is 0 Å². The van der Waals surface area contributed by atoms with Crippen LogP contribution in [0.25, 0.3) is 0 Å². The molecular weight excluding hydrogens is 440 g/mol. The van der Waals surface area contributed by atoms with E-state index in [1.165, 1.54) is 44.9 Å². The largest absolute Gasteiger partial charge is 0.507 e. The third-order valence-electron chi connectivity index (χ3n) is 6.21. The van der Waals surface area contributed by atoms with Crippen LogP contribution in [0.2, 0.25) is 0 Å². The summed E-state index contributed by atoms with van der Waals surface area (Å²) in [6.45, 7) is 17.9. The molecule has 0 amide bonds. The number of rotatable bonds is 15. The van der Waals surface area contributed by atoms with Crippen molar-refractivity contribution < 1.29 is 14.6 Å². The molecule has 0 atom stereocenters. The number of carbonyl (C=O) groups excluding carboxylic acids is 1. The highest BCUT2D eigenvalue weighted by molar-refractivity contribution is 7.99. The molecule has 0 radical (unpaired) electrons. The Balaban J connectivity index is 2.29. The second kappa shape index (κ2) is 15.1. The SMILES string of the molecule is CC(C)CCCCCCCCCCOC(=O)CSCc1cc(C(C)(C)C)c(O)c(C(C)(C)C)c1. The normalized spacial score (nSPS) is 12.4. The lowest BCUT2D eigenvalue weighted by molar-refractivity contribution is -0.140. The van der Waals surface area contributed by atoms with Crippen molar-refractivity contribution in [1.29, 1.82) is 0 Å². The summed E-state index contributed by atoms with van der Waals surface area (Å²) in [5.74, 6) is 2.21. The van der Waals surface area contributed by atoms with Gasteiger partial charge in [-0.25, -0.2) is 0 Å². The summed E-state index contributed by atoms with van der Waals surface area (Å²) in [6, 6.07) is 4.18. The first kappa shape index (κ1) is 30.9. The molecule has 0 bridgehead atoms. The molecule has 0 aliphatic heterocycles. The first-order chi connectivity index (χ1) is 15.8. The molecule has 1 rings (SSSR count). The molecule has 1 N–H and O–H groups in total. The predicted octanol–water partition coefficient (Wildman–Crippen LogP) is 8.93. The van der Waals surface area contributed by atoms with Crippen molar-refractivity contribution in [2.45, 2.75) is 130 Å². The molecule has 3 nitrogen and oxygen atoms in total. The quantitative estimate of drug-likeness (QED) is 0.196. The van der Waals surface area contributed by atoms with Crippen LogP contribution < -0.4 is 0 Å². The van der Waals surface area contributed by atoms with Crippen molar-refractivity contribution in [2.24, 2.45) is 5.92 Å². The van der Waals surface area contributed by atoms with E-state index in [9.17, 15) is 9.90 Å². The van der Waals surface area contributed by atoms with E-state index in [0.717, 1.165) is 41.2 Å². The fraction of sp³-hybridized carbons (Fsp3) is 0.767. The minimum Gasteiger partial charge on any atom is -0.507 e. The van der Waals surface area contributed by atoms with E-state index in [2.05, 4.69) is 67.5 Å². The minimum absolute atomic E-state index is 0.124. The molecule has 4 heteroatoms. The number of unbranched alkanes of at least 4 members (excludes halogenated alkanes) is 7. The summed E-state index contributed by atoms with van der Waals surface area (Å²) in [4.78, 5) is 12.1. The van der Waals surface area contributed by atoms with Crippen LogP contribution in [0, 0.1) is 5.92 Å². The third kappa shape index (κ3) is 12.5. The highest BCUT2D eigenvalue weighted by Crippen LogP contribution is 2.40. The van der Waals surface area contributed by atoms with Gasteiger partial charge in [0.05, 0.1) is 12.4 Å². The number of esters is 1. The van der Waals surface area contributed by atoms with Gasteiger partial charge in [-0.3, -0.25) is 4.79 Å². The van der Waals surface area contributed by atoms with Gasteiger partial charge in [0.1, 0.15) is 5.75 Å². The maximum atomic E-state index is 12.1. The van der Waals surface area contributed by atoms with Gasteiger partial charge in [0.25, 0.3) is 0 Å². The number of phenols is 1. The molecule has 0 fully saturated rings. The van der Waals surface area contributed by atoms with E-state index in [1.807, 2.05) is 0 Å². The Hall–Kier alpha value is -1.16. The molecule has 0 spiro atoms. The Morgan fingerprint density at radius 3 is 1.79 bits per heavy atom. The van der Waals surface area contributed by atoms with Crippen LogP contribution in [0.15, 0.2) is 12.1 Å². The van der Waals surface area contributed by atoms with E-state index in [1.54, 1.807) is 11.8 Å². The summed E-state index contributed by atoms with van der Waals surface area (Å²) in [7, 11) is 0. The zero-order chi connectivity index (χ0) is 25.8. The third-order valence-corrected chi connectivity index (χ3v) is 7.19. The van der Waals surface area contributed by atoms with Crippen LogP contribution in [-0.4, -0.2) is 23.4 Å². The monoisotopic (exact) mass is 492 g/mol. The molecule has 0 saturated heterocycles. The molecule has 0 aliphatic rings. The van der Waals surface area contributed by atoms with Crippen LogP contribution in [0.5, 0.6) is 5.75 Å². The molecule has 34 heavy (non-hydrogen) atoms. The summed E-state index contributed by atoms with van der Waals surface area (Å²) in [5.41, 5.74) is 2.80. The Morgan fingerprint density at radius 2 is 1.32 bits per heavy atom. The number of hydrogen-bond acceptors (Lipinski definition) is 4. The van der Waals surface area contributed by atoms with Gasteiger partial charge in [-0.2, -0.15) is 0 Å². The smallest absolute Gasteiger partial charge is 0.315 e. The van der Waals surface area contributed by atoms with Gasteiger partial charge < -0.3 is 9.84 Å². The number of carbonyl (C=O) groups is 1. The second-order valence-electron chi connectivity index (χ2n) is 12.3. The zero-order valence-electron chi connectivity index (χ0n) is 23.4. The van der Waals surface area contributed by atoms with Crippen LogP contribution in [0.1, 0.15) is 130 Å². The molecule has 0 saturated carbocycles. The van der Waals surface area contributed by atoms with Crippen molar-refractivity contribution in [1.82, 2.24) is 0 Å². The van der Waals surface area contributed by atoms with Crippen molar-refractivity contribution in [2.75, 3.05) is 12.4 Å². The lowest BCUT2D eigenvalue weighted by atomic mass is 9.78. The summed E-state index contributed by atoms with van der Waals surface area (Å²) < 4.78 is 5.44. The first-order valence-electron chi connectivity index (χ1n) is 13.4. The number of thioether (sulfide) groups is 1. The fourth-order valence-corrected chi connectivity index (χ4v) is 4.87. The number of benzene rings is 1. The Bertz CT molecular complexity index is 691. The van der Waals surface area contributed by atoms with Crippen LogP contribution in [0.4, 0.5) is 0 Å². The molecule has 1 aromatic rings. The first-order valence-corrected chi connectivity index (χ1v) is 14.6.